The van der Waals surface area contributed by atoms with Crippen molar-refractivity contribution in [2.75, 3.05) is 18.4 Å². The van der Waals surface area contributed by atoms with Crippen LogP contribution >= 0.6 is 27.3 Å². The van der Waals surface area contributed by atoms with E-state index in [1.165, 1.54) is 22.6 Å². The number of benzene rings is 1. The van der Waals surface area contributed by atoms with Gasteiger partial charge in [0.05, 0.1) is 9.47 Å². The van der Waals surface area contributed by atoms with Crippen molar-refractivity contribution in [3.63, 3.8) is 0 Å². The number of hydrogen-bond acceptors (Lipinski definition) is 5. The molecule has 1 fully saturated rings. The lowest BCUT2D eigenvalue weighted by Gasteiger charge is -2.30. The van der Waals surface area contributed by atoms with Crippen molar-refractivity contribution >= 4 is 54.7 Å². The number of rotatable bonds is 5. The number of nitrogens with one attached hydrogen (secondary N) is 1. The van der Waals surface area contributed by atoms with E-state index in [4.69, 9.17) is 0 Å². The number of carbonyl (C=O) groups is 2. The fraction of sp³-hybridized carbons (Fsp3) is 0.333. The summed E-state index contributed by atoms with van der Waals surface area (Å²) in [6, 6.07) is 10.2. The number of para-hydroxylation sites is 1. The molecule has 1 N–H and O–H groups in total. The molecule has 144 valence electrons. The molecule has 1 aliphatic heterocycles. The molecule has 27 heavy (non-hydrogen) atoms. The number of piperidine rings is 1. The molecule has 2 aromatic rings. The second kappa shape index (κ2) is 8.22. The standard InChI is InChI=1S/C18H19BrN2O4S2/c1-12(22)14-4-2-3-5-15(14)20-18(23)13-8-10-21(11-9-13)27(24,25)17-7-6-16(19)26-17/h2-7,13H,8-11H2,1H3,(H,20,23). The van der Waals surface area contributed by atoms with Crippen LogP contribution in [-0.2, 0) is 14.8 Å². The lowest BCUT2D eigenvalue weighted by atomic mass is 9.97. The van der Waals surface area contributed by atoms with Gasteiger partial charge in [-0.1, -0.05) is 12.1 Å². The van der Waals surface area contributed by atoms with Crippen molar-refractivity contribution in [1.82, 2.24) is 4.31 Å². The molecule has 1 saturated heterocycles. The summed E-state index contributed by atoms with van der Waals surface area (Å²) < 4.78 is 27.8. The van der Waals surface area contributed by atoms with Crippen LogP contribution in [0.3, 0.4) is 0 Å². The lowest BCUT2D eigenvalue weighted by Crippen LogP contribution is -2.41. The maximum Gasteiger partial charge on any atom is 0.252 e. The van der Waals surface area contributed by atoms with Gasteiger partial charge in [-0.05, 0) is 60.0 Å². The maximum absolute atomic E-state index is 12.7. The van der Waals surface area contributed by atoms with Crippen molar-refractivity contribution in [3.8, 4) is 0 Å². The fourth-order valence-electron chi connectivity index (χ4n) is 3.06. The first-order chi connectivity index (χ1) is 12.8. The highest BCUT2D eigenvalue weighted by atomic mass is 79.9. The van der Waals surface area contributed by atoms with Gasteiger partial charge in [-0.2, -0.15) is 4.31 Å². The molecule has 1 aliphatic rings. The second-order valence-corrected chi connectivity index (χ2v) is 11.0. The third-order valence-corrected chi connectivity index (χ3v) is 8.52. The zero-order valence-electron chi connectivity index (χ0n) is 14.6. The normalized spacial score (nSPS) is 16.2. The average molecular weight is 471 g/mol. The number of amides is 1. The summed E-state index contributed by atoms with van der Waals surface area (Å²) in [5.41, 5.74) is 0.961. The predicted molar refractivity (Wildman–Crippen MR) is 109 cm³/mol. The minimum atomic E-state index is -3.52. The van der Waals surface area contributed by atoms with Crippen molar-refractivity contribution < 1.29 is 18.0 Å². The molecule has 6 nitrogen and oxygen atoms in total. The summed E-state index contributed by atoms with van der Waals surface area (Å²) in [5.74, 6) is -0.583. The van der Waals surface area contributed by atoms with E-state index in [1.54, 1.807) is 36.4 Å². The van der Waals surface area contributed by atoms with Crippen molar-refractivity contribution in [2.24, 2.45) is 5.92 Å². The van der Waals surface area contributed by atoms with Crippen LogP contribution in [0.1, 0.15) is 30.1 Å². The van der Waals surface area contributed by atoms with Gasteiger partial charge < -0.3 is 5.32 Å². The minimum Gasteiger partial charge on any atom is -0.325 e. The van der Waals surface area contributed by atoms with Crippen LogP contribution in [0.5, 0.6) is 0 Å². The van der Waals surface area contributed by atoms with Gasteiger partial charge in [0.15, 0.2) is 5.78 Å². The van der Waals surface area contributed by atoms with E-state index >= 15 is 0 Å². The Kier molecular flexibility index (Phi) is 6.15. The first kappa shape index (κ1) is 20.2. The average Bonchev–Trinajstić information content (AvgIpc) is 3.09. The Morgan fingerprint density at radius 2 is 1.81 bits per heavy atom. The SMILES string of the molecule is CC(=O)c1ccccc1NC(=O)C1CCN(S(=O)(=O)c2ccc(Br)s2)CC1. The highest BCUT2D eigenvalue weighted by molar-refractivity contribution is 9.11. The summed E-state index contributed by atoms with van der Waals surface area (Å²) in [4.78, 5) is 24.3. The van der Waals surface area contributed by atoms with Crippen LogP contribution < -0.4 is 5.32 Å². The molecule has 0 bridgehead atoms. The van der Waals surface area contributed by atoms with Crippen LogP contribution in [0.2, 0.25) is 0 Å². The molecule has 0 spiro atoms. The van der Waals surface area contributed by atoms with Gasteiger partial charge in [-0.3, -0.25) is 9.59 Å². The van der Waals surface area contributed by atoms with E-state index in [2.05, 4.69) is 21.2 Å². The lowest BCUT2D eigenvalue weighted by molar-refractivity contribution is -0.120. The largest absolute Gasteiger partial charge is 0.325 e. The summed E-state index contributed by atoms with van der Waals surface area (Å²) >= 11 is 4.46. The van der Waals surface area contributed by atoms with Gasteiger partial charge >= 0.3 is 0 Å². The van der Waals surface area contributed by atoms with Crippen LogP contribution in [0, 0.1) is 5.92 Å². The summed E-state index contributed by atoms with van der Waals surface area (Å²) in [6.07, 6.45) is 0.889. The quantitative estimate of drug-likeness (QED) is 0.674. The molecule has 3 rings (SSSR count). The molecule has 0 atom stereocenters. The summed E-state index contributed by atoms with van der Waals surface area (Å²) in [6.45, 7) is 2.05. The molecule has 9 heteroatoms. The number of carbonyl (C=O) groups excluding carboxylic acids is 2. The number of thiophene rings is 1. The van der Waals surface area contributed by atoms with Gasteiger partial charge in [0.25, 0.3) is 10.0 Å². The smallest absolute Gasteiger partial charge is 0.252 e. The monoisotopic (exact) mass is 470 g/mol. The molecule has 0 saturated carbocycles. The zero-order valence-corrected chi connectivity index (χ0v) is 17.9. The Balaban J connectivity index is 1.64. The van der Waals surface area contributed by atoms with E-state index in [-0.39, 0.29) is 17.6 Å². The Morgan fingerprint density at radius 1 is 1.15 bits per heavy atom. The van der Waals surface area contributed by atoms with Crippen molar-refractivity contribution in [3.05, 3.63) is 45.7 Å². The van der Waals surface area contributed by atoms with E-state index in [0.29, 0.717) is 41.4 Å². The van der Waals surface area contributed by atoms with E-state index < -0.39 is 10.0 Å². The summed E-state index contributed by atoms with van der Waals surface area (Å²) in [5, 5.41) is 2.82. The van der Waals surface area contributed by atoms with Gasteiger partial charge in [0.1, 0.15) is 4.21 Å². The number of ketones is 1. The first-order valence-corrected chi connectivity index (χ1v) is 11.5. The van der Waals surface area contributed by atoms with Crippen LogP contribution in [-0.4, -0.2) is 37.5 Å². The number of nitrogens with zero attached hydrogens (tertiary/aromatic N) is 1. The number of sulfonamides is 1. The third kappa shape index (κ3) is 4.48. The van der Waals surface area contributed by atoms with Crippen LogP contribution in [0.4, 0.5) is 5.69 Å². The molecule has 0 radical (unpaired) electrons. The van der Waals surface area contributed by atoms with Gasteiger partial charge in [0, 0.05) is 24.6 Å². The minimum absolute atomic E-state index is 0.117. The van der Waals surface area contributed by atoms with Crippen LogP contribution in [0.15, 0.2) is 44.4 Å². The van der Waals surface area contributed by atoms with Gasteiger partial charge in [0.2, 0.25) is 5.91 Å². The van der Waals surface area contributed by atoms with E-state index in [9.17, 15) is 18.0 Å². The highest BCUT2D eigenvalue weighted by Crippen LogP contribution is 2.31. The van der Waals surface area contributed by atoms with Crippen LogP contribution in [0.25, 0.3) is 0 Å². The molecule has 1 aromatic carbocycles. The summed E-state index contributed by atoms with van der Waals surface area (Å²) in [7, 11) is -3.52. The molecule has 0 unspecified atom stereocenters. The third-order valence-electron chi connectivity index (χ3n) is 4.53. The molecular weight excluding hydrogens is 452 g/mol. The van der Waals surface area contributed by atoms with Crippen molar-refractivity contribution in [2.45, 2.75) is 24.0 Å². The van der Waals surface area contributed by atoms with E-state index in [0.717, 1.165) is 3.79 Å². The molecule has 0 aliphatic carbocycles. The van der Waals surface area contributed by atoms with E-state index in [1.807, 2.05) is 0 Å². The zero-order chi connectivity index (χ0) is 19.6. The Morgan fingerprint density at radius 3 is 2.41 bits per heavy atom. The molecule has 1 aromatic heterocycles. The maximum atomic E-state index is 12.7. The Hall–Kier alpha value is -1.55. The highest BCUT2D eigenvalue weighted by Gasteiger charge is 2.33. The number of halogens is 1. The first-order valence-electron chi connectivity index (χ1n) is 8.45. The molecular formula is C18H19BrN2O4S2. The number of anilines is 1. The fourth-order valence-corrected chi connectivity index (χ4v) is 6.69. The number of Topliss-reactive ketones (excluding diaryl/α,β-unsaturated/α-hetero) is 1. The second-order valence-electron chi connectivity index (χ2n) is 6.33. The van der Waals surface area contributed by atoms with Gasteiger partial charge in [-0.15, -0.1) is 11.3 Å². The van der Waals surface area contributed by atoms with Gasteiger partial charge in [-0.25, -0.2) is 8.42 Å². The molecule has 2 heterocycles. The Bertz CT molecular complexity index is 963. The van der Waals surface area contributed by atoms with Crippen molar-refractivity contribution in [1.29, 1.82) is 0 Å². The Labute approximate surface area is 170 Å². The topological polar surface area (TPSA) is 83.6 Å². The predicted octanol–water partition coefficient (Wildman–Crippen LogP) is 3.75. The number of hydrogen-bond donors (Lipinski definition) is 1. The molecule has 1 amide bonds.